The van der Waals surface area contributed by atoms with Gasteiger partial charge < -0.3 is 10.1 Å². The monoisotopic (exact) mass is 428 g/mol. The molecule has 4 nitrogen and oxygen atoms in total. The van der Waals surface area contributed by atoms with E-state index in [2.05, 4.69) is 16.4 Å². The average Bonchev–Trinajstić information content (AvgIpc) is 3.17. The molecule has 0 spiro atoms. The fourth-order valence-corrected chi connectivity index (χ4v) is 3.89. The summed E-state index contributed by atoms with van der Waals surface area (Å²) in [6, 6.07) is 17.4. The normalized spacial score (nSPS) is 10.8. The highest BCUT2D eigenvalue weighted by molar-refractivity contribution is 7.12. The van der Waals surface area contributed by atoms with Gasteiger partial charge in [-0.2, -0.15) is 0 Å². The smallest absolute Gasteiger partial charge is 0.266 e. The number of thiophene rings is 1. The molecule has 2 aromatic carbocycles. The molecule has 4 aromatic rings. The van der Waals surface area contributed by atoms with E-state index in [1.165, 1.54) is 29.0 Å². The Balaban J connectivity index is 1.41. The number of nitrogens with zero attached hydrogens (tertiary/aromatic N) is 1. The van der Waals surface area contributed by atoms with Gasteiger partial charge in [-0.25, -0.2) is 4.98 Å². The summed E-state index contributed by atoms with van der Waals surface area (Å²) in [4.78, 5) is 17.0. The SMILES string of the molecule is O=C(Nc1ncc(Cl)cc1Cl)c1cc(COc2ccc3ccccc3c2)cs1. The lowest BCUT2D eigenvalue weighted by Crippen LogP contribution is -2.11. The average molecular weight is 429 g/mol. The molecule has 0 atom stereocenters. The van der Waals surface area contributed by atoms with Crippen LogP contribution in [-0.4, -0.2) is 10.9 Å². The van der Waals surface area contributed by atoms with Crippen LogP contribution in [0.3, 0.4) is 0 Å². The zero-order valence-corrected chi connectivity index (χ0v) is 16.8. The summed E-state index contributed by atoms with van der Waals surface area (Å²) in [6.45, 7) is 0.377. The van der Waals surface area contributed by atoms with Gasteiger partial charge in [0.2, 0.25) is 0 Å². The zero-order chi connectivity index (χ0) is 19.5. The van der Waals surface area contributed by atoms with Crippen LogP contribution in [0.2, 0.25) is 10.0 Å². The van der Waals surface area contributed by atoms with Crippen molar-refractivity contribution in [2.45, 2.75) is 6.61 Å². The minimum absolute atomic E-state index is 0.276. The van der Waals surface area contributed by atoms with Gasteiger partial charge in [0.25, 0.3) is 5.91 Å². The first-order chi connectivity index (χ1) is 13.6. The lowest BCUT2D eigenvalue weighted by molar-refractivity contribution is 0.103. The molecule has 1 amide bonds. The molecule has 140 valence electrons. The first kappa shape index (κ1) is 18.7. The van der Waals surface area contributed by atoms with E-state index in [9.17, 15) is 4.79 Å². The van der Waals surface area contributed by atoms with Crippen molar-refractivity contribution in [3.05, 3.63) is 86.7 Å². The van der Waals surface area contributed by atoms with Gasteiger partial charge >= 0.3 is 0 Å². The number of pyridine rings is 1. The molecule has 0 saturated carbocycles. The minimum Gasteiger partial charge on any atom is -0.489 e. The van der Waals surface area contributed by atoms with Gasteiger partial charge in [0.05, 0.1) is 14.9 Å². The highest BCUT2D eigenvalue weighted by atomic mass is 35.5. The summed E-state index contributed by atoms with van der Waals surface area (Å²) in [7, 11) is 0. The van der Waals surface area contributed by atoms with Crippen LogP contribution >= 0.6 is 34.5 Å². The van der Waals surface area contributed by atoms with Gasteiger partial charge in [-0.1, -0.05) is 53.5 Å². The predicted molar refractivity (Wildman–Crippen MR) is 115 cm³/mol. The summed E-state index contributed by atoms with van der Waals surface area (Å²) in [5, 5.41) is 7.57. The number of carbonyl (C=O) groups excluding carboxylic acids is 1. The summed E-state index contributed by atoms with van der Waals surface area (Å²) in [5.41, 5.74) is 0.915. The third-order valence-corrected chi connectivity index (χ3v) is 5.52. The molecule has 0 aliphatic heterocycles. The number of fused-ring (bicyclic) bond motifs is 1. The number of benzene rings is 2. The van der Waals surface area contributed by atoms with Crippen molar-refractivity contribution in [3.63, 3.8) is 0 Å². The second kappa shape index (κ2) is 8.19. The van der Waals surface area contributed by atoms with Crippen molar-refractivity contribution in [3.8, 4) is 5.75 Å². The van der Waals surface area contributed by atoms with E-state index >= 15 is 0 Å². The first-order valence-corrected chi connectivity index (χ1v) is 10.0. The lowest BCUT2D eigenvalue weighted by atomic mass is 10.1. The van der Waals surface area contributed by atoms with Crippen LogP contribution in [-0.2, 0) is 6.61 Å². The molecule has 0 bridgehead atoms. The van der Waals surface area contributed by atoms with E-state index in [-0.39, 0.29) is 16.7 Å². The third kappa shape index (κ3) is 4.28. The lowest BCUT2D eigenvalue weighted by Gasteiger charge is -2.06. The van der Waals surface area contributed by atoms with Crippen LogP contribution in [0.1, 0.15) is 15.2 Å². The van der Waals surface area contributed by atoms with E-state index in [4.69, 9.17) is 27.9 Å². The minimum atomic E-state index is -0.279. The first-order valence-electron chi connectivity index (χ1n) is 8.40. The van der Waals surface area contributed by atoms with Gasteiger partial charge in [0, 0.05) is 11.8 Å². The largest absolute Gasteiger partial charge is 0.489 e. The van der Waals surface area contributed by atoms with Crippen LogP contribution < -0.4 is 10.1 Å². The van der Waals surface area contributed by atoms with Gasteiger partial charge in [-0.15, -0.1) is 11.3 Å². The predicted octanol–water partition coefficient (Wildman–Crippen LogP) is 6.43. The zero-order valence-electron chi connectivity index (χ0n) is 14.5. The summed E-state index contributed by atoms with van der Waals surface area (Å²) in [5.74, 6) is 0.783. The van der Waals surface area contributed by atoms with Crippen LogP contribution in [0, 0.1) is 0 Å². The van der Waals surface area contributed by atoms with Crippen molar-refractivity contribution >= 4 is 57.0 Å². The molecule has 1 N–H and O–H groups in total. The number of nitrogens with one attached hydrogen (secondary N) is 1. The number of aromatic nitrogens is 1. The number of hydrogen-bond donors (Lipinski definition) is 1. The molecule has 28 heavy (non-hydrogen) atoms. The fraction of sp³-hybridized carbons (Fsp3) is 0.0476. The van der Waals surface area contributed by atoms with Gasteiger partial charge in [-0.05, 0) is 40.4 Å². The van der Waals surface area contributed by atoms with E-state index in [0.29, 0.717) is 16.5 Å². The summed E-state index contributed by atoms with van der Waals surface area (Å²) >= 11 is 13.2. The van der Waals surface area contributed by atoms with E-state index < -0.39 is 0 Å². The van der Waals surface area contributed by atoms with Crippen molar-refractivity contribution in [1.29, 1.82) is 0 Å². The Bertz CT molecular complexity index is 1160. The van der Waals surface area contributed by atoms with Gasteiger partial charge in [0.1, 0.15) is 12.4 Å². The molecule has 0 aliphatic rings. The second-order valence-electron chi connectivity index (χ2n) is 6.05. The number of halogens is 2. The van der Waals surface area contributed by atoms with Crippen LogP contribution in [0.25, 0.3) is 10.8 Å². The Hall–Kier alpha value is -2.60. The number of anilines is 1. The second-order valence-corrected chi connectivity index (χ2v) is 7.81. The summed E-state index contributed by atoms with van der Waals surface area (Å²) < 4.78 is 5.87. The topological polar surface area (TPSA) is 51.2 Å². The molecule has 4 rings (SSSR count). The highest BCUT2D eigenvalue weighted by Gasteiger charge is 2.13. The maximum Gasteiger partial charge on any atom is 0.266 e. The highest BCUT2D eigenvalue weighted by Crippen LogP contribution is 2.25. The van der Waals surface area contributed by atoms with Crippen molar-refractivity contribution < 1.29 is 9.53 Å². The quantitative estimate of drug-likeness (QED) is 0.398. The Kier molecular flexibility index (Phi) is 5.48. The molecule has 0 saturated heterocycles. The van der Waals surface area contributed by atoms with Crippen molar-refractivity contribution in [2.75, 3.05) is 5.32 Å². The summed E-state index contributed by atoms with van der Waals surface area (Å²) in [6.07, 6.45) is 1.43. The Morgan fingerprint density at radius 3 is 2.71 bits per heavy atom. The van der Waals surface area contributed by atoms with Crippen molar-refractivity contribution in [2.24, 2.45) is 0 Å². The molecular weight excluding hydrogens is 415 g/mol. The number of carbonyl (C=O) groups is 1. The van der Waals surface area contributed by atoms with E-state index in [0.717, 1.165) is 16.7 Å². The van der Waals surface area contributed by atoms with E-state index in [1.54, 1.807) is 6.07 Å². The van der Waals surface area contributed by atoms with Gasteiger partial charge in [-0.3, -0.25) is 4.79 Å². The molecule has 0 radical (unpaired) electrons. The molecule has 0 aliphatic carbocycles. The van der Waals surface area contributed by atoms with E-state index in [1.807, 2.05) is 41.8 Å². The Labute approximate surface area is 175 Å². The Morgan fingerprint density at radius 2 is 1.89 bits per heavy atom. The number of amides is 1. The molecule has 0 fully saturated rings. The maximum absolute atomic E-state index is 12.4. The molecular formula is C21H14Cl2N2O2S. The molecule has 7 heteroatoms. The molecule has 0 unspecified atom stereocenters. The van der Waals surface area contributed by atoms with Crippen LogP contribution in [0.5, 0.6) is 5.75 Å². The number of hydrogen-bond acceptors (Lipinski definition) is 4. The third-order valence-electron chi connectivity index (χ3n) is 4.04. The van der Waals surface area contributed by atoms with Gasteiger partial charge in [0.15, 0.2) is 5.82 Å². The molecule has 2 heterocycles. The Morgan fingerprint density at radius 1 is 1.07 bits per heavy atom. The van der Waals surface area contributed by atoms with Crippen molar-refractivity contribution in [1.82, 2.24) is 4.98 Å². The standard InChI is InChI=1S/C21H14Cl2N2O2S/c22-16-9-18(23)20(24-10-16)25-21(26)19-7-13(12-28-19)11-27-17-6-5-14-3-1-2-4-15(14)8-17/h1-10,12H,11H2,(H,24,25,26). The number of ether oxygens (including phenoxy) is 1. The maximum atomic E-state index is 12.4. The fourth-order valence-electron chi connectivity index (χ4n) is 2.67. The molecule has 2 aromatic heterocycles. The number of rotatable bonds is 5. The van der Waals surface area contributed by atoms with Crippen LogP contribution in [0.15, 0.2) is 66.2 Å². The van der Waals surface area contributed by atoms with Crippen LogP contribution in [0.4, 0.5) is 5.82 Å².